The van der Waals surface area contributed by atoms with E-state index in [9.17, 15) is 0 Å². The zero-order valence-corrected chi connectivity index (χ0v) is 11.8. The molecular weight excluding hydrogens is 222 g/mol. The molecule has 0 radical (unpaired) electrons. The Hall–Kier alpha value is -0.860. The van der Waals surface area contributed by atoms with Crippen LogP contribution in [0.15, 0.2) is 24.3 Å². The van der Waals surface area contributed by atoms with Crippen LogP contribution in [0.3, 0.4) is 0 Å². The molecule has 1 heterocycles. The number of hydrogen-bond donors (Lipinski definition) is 1. The van der Waals surface area contributed by atoms with Gasteiger partial charge in [0.2, 0.25) is 0 Å². The van der Waals surface area contributed by atoms with E-state index in [2.05, 4.69) is 45.0 Å². The summed E-state index contributed by atoms with van der Waals surface area (Å²) in [5, 5.41) is 0. The zero-order valence-electron chi connectivity index (χ0n) is 11.8. The topological polar surface area (TPSA) is 35.2 Å². The number of rotatable bonds is 5. The van der Waals surface area contributed by atoms with Crippen LogP contribution in [0, 0.1) is 5.92 Å². The van der Waals surface area contributed by atoms with Crippen LogP contribution in [0.25, 0.3) is 0 Å². The first-order valence-electron chi connectivity index (χ1n) is 6.98. The lowest BCUT2D eigenvalue weighted by Gasteiger charge is -2.46. The Morgan fingerprint density at radius 3 is 2.17 bits per heavy atom. The summed E-state index contributed by atoms with van der Waals surface area (Å²) < 4.78 is 5.50. The van der Waals surface area contributed by atoms with Crippen LogP contribution in [-0.4, -0.2) is 19.8 Å². The smallest absolute Gasteiger partial charge is 0.0588 e. The Bertz CT molecular complexity index is 379. The first-order valence-corrected chi connectivity index (χ1v) is 6.98. The number of nitrogens with two attached hydrogens (primary N) is 1. The summed E-state index contributed by atoms with van der Waals surface area (Å²) in [6, 6.07) is 9.08. The van der Waals surface area contributed by atoms with Crippen molar-refractivity contribution in [1.82, 2.24) is 0 Å². The third-order valence-corrected chi connectivity index (χ3v) is 4.41. The normalized spacial score (nSPS) is 19.6. The maximum atomic E-state index is 5.71. The van der Waals surface area contributed by atoms with Gasteiger partial charge in [0.1, 0.15) is 0 Å². The summed E-state index contributed by atoms with van der Waals surface area (Å²) in [7, 11) is 0. The van der Waals surface area contributed by atoms with Gasteiger partial charge in [-0.25, -0.2) is 0 Å². The minimum atomic E-state index is 0.203. The minimum absolute atomic E-state index is 0.203. The van der Waals surface area contributed by atoms with Crippen molar-refractivity contribution in [3.63, 3.8) is 0 Å². The fourth-order valence-corrected chi connectivity index (χ4v) is 2.78. The summed E-state index contributed by atoms with van der Waals surface area (Å²) in [5.41, 5.74) is 8.73. The van der Waals surface area contributed by atoms with E-state index in [1.54, 1.807) is 0 Å². The highest BCUT2D eigenvalue weighted by atomic mass is 16.5. The van der Waals surface area contributed by atoms with E-state index in [4.69, 9.17) is 10.5 Å². The van der Waals surface area contributed by atoms with E-state index < -0.39 is 0 Å². The largest absolute Gasteiger partial charge is 0.379 e. The van der Waals surface area contributed by atoms with Crippen molar-refractivity contribution in [3.05, 3.63) is 35.4 Å². The molecule has 2 nitrogen and oxygen atoms in total. The molecule has 18 heavy (non-hydrogen) atoms. The second-order valence-corrected chi connectivity index (χ2v) is 5.90. The molecule has 2 N–H and O–H groups in total. The van der Waals surface area contributed by atoms with E-state index in [-0.39, 0.29) is 5.41 Å². The molecule has 100 valence electrons. The molecule has 0 bridgehead atoms. The van der Waals surface area contributed by atoms with Crippen molar-refractivity contribution in [2.24, 2.45) is 11.7 Å². The molecule has 1 saturated heterocycles. The molecule has 1 aliphatic heterocycles. The molecule has 0 aromatic heterocycles. The monoisotopic (exact) mass is 247 g/mol. The van der Waals surface area contributed by atoms with Gasteiger partial charge in [-0.3, -0.25) is 0 Å². The number of benzene rings is 1. The average Bonchev–Trinajstić information content (AvgIpc) is 2.28. The van der Waals surface area contributed by atoms with Gasteiger partial charge >= 0.3 is 0 Å². The maximum absolute atomic E-state index is 5.71. The van der Waals surface area contributed by atoms with Crippen LogP contribution in [-0.2, 0) is 10.2 Å². The van der Waals surface area contributed by atoms with Crippen LogP contribution in [0.4, 0.5) is 0 Å². The van der Waals surface area contributed by atoms with Crippen LogP contribution in [0.5, 0.6) is 0 Å². The average molecular weight is 247 g/mol. The van der Waals surface area contributed by atoms with Gasteiger partial charge in [0.05, 0.1) is 13.2 Å². The highest BCUT2D eigenvalue weighted by molar-refractivity contribution is 5.33. The van der Waals surface area contributed by atoms with Gasteiger partial charge in [-0.05, 0) is 35.9 Å². The van der Waals surface area contributed by atoms with Gasteiger partial charge in [0.15, 0.2) is 0 Å². The molecule has 0 spiro atoms. The summed E-state index contributed by atoms with van der Waals surface area (Å²) >= 11 is 0. The van der Waals surface area contributed by atoms with Gasteiger partial charge in [-0.15, -0.1) is 0 Å². The van der Waals surface area contributed by atoms with E-state index >= 15 is 0 Å². The molecule has 2 heteroatoms. The SMILES string of the molecule is CC(C)c1ccc(C2(C(C)CCN)COC2)cc1. The maximum Gasteiger partial charge on any atom is 0.0588 e. The summed E-state index contributed by atoms with van der Waals surface area (Å²) in [6.07, 6.45) is 1.06. The Morgan fingerprint density at radius 1 is 1.17 bits per heavy atom. The molecule has 1 aromatic carbocycles. The molecule has 1 fully saturated rings. The molecule has 0 aliphatic carbocycles. The van der Waals surface area contributed by atoms with Crippen molar-refractivity contribution < 1.29 is 4.74 Å². The Labute approximate surface area is 111 Å². The summed E-state index contributed by atoms with van der Waals surface area (Å²) in [5.74, 6) is 1.18. The predicted molar refractivity (Wildman–Crippen MR) is 75.9 cm³/mol. The minimum Gasteiger partial charge on any atom is -0.379 e. The molecular formula is C16H25NO. The van der Waals surface area contributed by atoms with Crippen LogP contribution in [0.2, 0.25) is 0 Å². The summed E-state index contributed by atoms with van der Waals surface area (Å²) in [4.78, 5) is 0. The molecule has 1 unspecified atom stereocenters. The van der Waals surface area contributed by atoms with Crippen molar-refractivity contribution in [2.45, 2.75) is 38.5 Å². The summed E-state index contributed by atoms with van der Waals surface area (Å²) in [6.45, 7) is 9.20. The molecule has 0 saturated carbocycles. The quantitative estimate of drug-likeness (QED) is 0.868. The van der Waals surface area contributed by atoms with Crippen molar-refractivity contribution in [2.75, 3.05) is 19.8 Å². The van der Waals surface area contributed by atoms with Gasteiger partial charge in [-0.1, -0.05) is 45.0 Å². The predicted octanol–water partition coefficient (Wildman–Crippen LogP) is 3.06. The van der Waals surface area contributed by atoms with E-state index in [0.717, 1.165) is 26.2 Å². The number of ether oxygens (including phenoxy) is 1. The Morgan fingerprint density at radius 2 is 1.78 bits per heavy atom. The van der Waals surface area contributed by atoms with E-state index in [1.807, 2.05) is 0 Å². The lowest BCUT2D eigenvalue weighted by molar-refractivity contribution is -0.0883. The third-order valence-electron chi connectivity index (χ3n) is 4.41. The van der Waals surface area contributed by atoms with Crippen LogP contribution >= 0.6 is 0 Å². The first-order chi connectivity index (χ1) is 8.60. The molecule has 1 aliphatic rings. The third kappa shape index (κ3) is 2.32. The standard InChI is InChI=1S/C16H25NO/c1-12(2)14-4-6-15(7-5-14)16(10-18-11-16)13(3)8-9-17/h4-7,12-13H,8-11,17H2,1-3H3. The van der Waals surface area contributed by atoms with Gasteiger partial charge < -0.3 is 10.5 Å². The second-order valence-electron chi connectivity index (χ2n) is 5.90. The number of hydrogen-bond acceptors (Lipinski definition) is 2. The van der Waals surface area contributed by atoms with Gasteiger partial charge in [-0.2, -0.15) is 0 Å². The molecule has 1 atom stereocenters. The first kappa shape index (κ1) is 13.6. The molecule has 2 rings (SSSR count). The highest BCUT2D eigenvalue weighted by Crippen LogP contribution is 2.41. The van der Waals surface area contributed by atoms with Crippen LogP contribution < -0.4 is 5.73 Å². The van der Waals surface area contributed by atoms with Crippen molar-refractivity contribution >= 4 is 0 Å². The van der Waals surface area contributed by atoms with Gasteiger partial charge in [0, 0.05) is 5.41 Å². The lowest BCUT2D eigenvalue weighted by Crippen LogP contribution is -2.52. The highest BCUT2D eigenvalue weighted by Gasteiger charge is 2.44. The zero-order chi connectivity index (χ0) is 13.2. The Kier molecular flexibility index (Phi) is 4.08. The van der Waals surface area contributed by atoms with Crippen molar-refractivity contribution in [1.29, 1.82) is 0 Å². The van der Waals surface area contributed by atoms with E-state index in [0.29, 0.717) is 11.8 Å². The van der Waals surface area contributed by atoms with Crippen molar-refractivity contribution in [3.8, 4) is 0 Å². The fourth-order valence-electron chi connectivity index (χ4n) is 2.78. The lowest BCUT2D eigenvalue weighted by atomic mass is 9.68. The van der Waals surface area contributed by atoms with E-state index in [1.165, 1.54) is 11.1 Å². The Balaban J connectivity index is 2.22. The van der Waals surface area contributed by atoms with Crippen LogP contribution in [0.1, 0.15) is 44.2 Å². The van der Waals surface area contributed by atoms with Gasteiger partial charge in [0.25, 0.3) is 0 Å². The molecule has 0 amide bonds. The molecule has 1 aromatic rings. The fraction of sp³-hybridized carbons (Fsp3) is 0.625. The second kappa shape index (κ2) is 5.41.